The van der Waals surface area contributed by atoms with Gasteiger partial charge < -0.3 is 9.73 Å². The Hall–Kier alpha value is -4.51. The molecule has 0 amide bonds. The molecule has 0 aliphatic rings. The molecule has 158 valence electrons. The maximum Gasteiger partial charge on any atom is 0.164 e. The molecule has 1 N–H and O–H groups in total. The zero-order chi connectivity index (χ0) is 22.2. The van der Waals surface area contributed by atoms with E-state index in [9.17, 15) is 0 Å². The van der Waals surface area contributed by atoms with Gasteiger partial charge in [0.2, 0.25) is 0 Å². The van der Waals surface area contributed by atoms with Gasteiger partial charge in [-0.05, 0) is 24.3 Å². The van der Waals surface area contributed by atoms with Gasteiger partial charge in [-0.2, -0.15) is 0 Å². The first-order valence-electron chi connectivity index (χ1n) is 10.8. The zero-order valence-electron chi connectivity index (χ0n) is 18.0. The van der Waals surface area contributed by atoms with Crippen molar-refractivity contribution in [2.75, 3.05) is 12.4 Å². The van der Waals surface area contributed by atoms with Crippen LogP contribution < -0.4 is 5.32 Å². The Morgan fingerprint density at radius 1 is 0.606 bits per heavy atom. The SMILES string of the molecule is CNc1ccc2oc3cccc(-c4nc(-c5ccccc5)nc(-c5ccccc5)n4)c3c2c1. The van der Waals surface area contributed by atoms with Crippen molar-refractivity contribution in [1.82, 2.24) is 15.0 Å². The van der Waals surface area contributed by atoms with E-state index in [-0.39, 0.29) is 0 Å². The molecule has 0 radical (unpaired) electrons. The van der Waals surface area contributed by atoms with Gasteiger partial charge in [0.25, 0.3) is 0 Å². The summed E-state index contributed by atoms with van der Waals surface area (Å²) in [6, 6.07) is 32.1. The Morgan fingerprint density at radius 3 is 1.88 bits per heavy atom. The van der Waals surface area contributed by atoms with Gasteiger partial charge in [0.1, 0.15) is 11.2 Å². The highest BCUT2D eigenvalue weighted by Gasteiger charge is 2.17. The molecule has 0 unspecified atom stereocenters. The highest BCUT2D eigenvalue weighted by molar-refractivity contribution is 6.12. The van der Waals surface area contributed by atoms with E-state index in [2.05, 4.69) is 11.4 Å². The van der Waals surface area contributed by atoms with Crippen LogP contribution in [0.1, 0.15) is 0 Å². The monoisotopic (exact) mass is 428 g/mol. The lowest BCUT2D eigenvalue weighted by atomic mass is 10.0. The standard InChI is InChI=1S/C28H20N4O/c1-29-20-15-16-23-22(17-20)25-21(13-8-14-24(25)33-23)28-31-26(18-9-4-2-5-10-18)30-27(32-28)19-11-6-3-7-12-19/h2-17,29H,1H3. The molecule has 2 heterocycles. The number of hydrogen-bond acceptors (Lipinski definition) is 5. The largest absolute Gasteiger partial charge is 0.456 e. The van der Waals surface area contributed by atoms with Gasteiger partial charge in [0, 0.05) is 40.2 Å². The third kappa shape index (κ3) is 3.40. The Kier molecular flexibility index (Phi) is 4.58. The van der Waals surface area contributed by atoms with Crippen LogP contribution in [0.5, 0.6) is 0 Å². The van der Waals surface area contributed by atoms with Crippen molar-refractivity contribution in [3.63, 3.8) is 0 Å². The lowest BCUT2D eigenvalue weighted by Gasteiger charge is -2.09. The highest BCUT2D eigenvalue weighted by Crippen LogP contribution is 2.37. The van der Waals surface area contributed by atoms with E-state index >= 15 is 0 Å². The number of furan rings is 1. The maximum atomic E-state index is 6.14. The van der Waals surface area contributed by atoms with Crippen molar-refractivity contribution in [3.8, 4) is 34.2 Å². The number of nitrogens with zero attached hydrogens (tertiary/aromatic N) is 3. The Bertz CT molecular complexity index is 1530. The van der Waals surface area contributed by atoms with E-state index in [0.717, 1.165) is 44.3 Å². The third-order valence-corrected chi connectivity index (χ3v) is 5.72. The van der Waals surface area contributed by atoms with Crippen molar-refractivity contribution in [2.24, 2.45) is 0 Å². The average molecular weight is 428 g/mol. The predicted molar refractivity (Wildman–Crippen MR) is 133 cm³/mol. The van der Waals surface area contributed by atoms with Crippen LogP contribution in [0.2, 0.25) is 0 Å². The second-order valence-corrected chi connectivity index (χ2v) is 7.78. The molecule has 0 aliphatic heterocycles. The van der Waals surface area contributed by atoms with E-state index in [1.54, 1.807) is 0 Å². The number of nitrogens with one attached hydrogen (secondary N) is 1. The highest BCUT2D eigenvalue weighted by atomic mass is 16.3. The minimum Gasteiger partial charge on any atom is -0.456 e. The van der Waals surface area contributed by atoms with Crippen LogP contribution in [0.15, 0.2) is 101 Å². The number of aromatic nitrogens is 3. The molecule has 5 heteroatoms. The summed E-state index contributed by atoms with van der Waals surface area (Å²) in [5.74, 6) is 1.89. The molecule has 0 atom stereocenters. The van der Waals surface area contributed by atoms with Gasteiger partial charge in [-0.15, -0.1) is 0 Å². The molecule has 0 fully saturated rings. The van der Waals surface area contributed by atoms with Crippen LogP contribution >= 0.6 is 0 Å². The Balaban J connectivity index is 1.65. The van der Waals surface area contributed by atoms with Crippen molar-refractivity contribution < 1.29 is 4.42 Å². The molecular weight excluding hydrogens is 408 g/mol. The zero-order valence-corrected chi connectivity index (χ0v) is 18.0. The van der Waals surface area contributed by atoms with Crippen molar-refractivity contribution in [2.45, 2.75) is 0 Å². The molecule has 0 bridgehead atoms. The van der Waals surface area contributed by atoms with Gasteiger partial charge in [0.15, 0.2) is 17.5 Å². The lowest BCUT2D eigenvalue weighted by molar-refractivity contribution is 0.669. The van der Waals surface area contributed by atoms with Crippen LogP contribution in [-0.4, -0.2) is 22.0 Å². The van der Waals surface area contributed by atoms with E-state index in [1.807, 2.05) is 98.0 Å². The fourth-order valence-corrected chi connectivity index (χ4v) is 4.10. The molecule has 2 aromatic heterocycles. The number of rotatable bonds is 4. The number of fused-ring (bicyclic) bond motifs is 3. The molecule has 4 aromatic carbocycles. The van der Waals surface area contributed by atoms with Gasteiger partial charge in [-0.3, -0.25) is 0 Å². The van der Waals surface area contributed by atoms with Crippen molar-refractivity contribution >= 4 is 27.6 Å². The minimum absolute atomic E-state index is 0.617. The summed E-state index contributed by atoms with van der Waals surface area (Å²) in [5.41, 5.74) is 5.46. The first-order chi connectivity index (χ1) is 16.3. The second kappa shape index (κ2) is 7.88. The quantitative estimate of drug-likeness (QED) is 0.334. The first kappa shape index (κ1) is 19.2. The summed E-state index contributed by atoms with van der Waals surface area (Å²) < 4.78 is 6.14. The van der Waals surface area contributed by atoms with Gasteiger partial charge in [-0.25, -0.2) is 15.0 Å². The third-order valence-electron chi connectivity index (χ3n) is 5.72. The van der Waals surface area contributed by atoms with Gasteiger partial charge >= 0.3 is 0 Å². The minimum atomic E-state index is 0.617. The summed E-state index contributed by atoms with van der Waals surface area (Å²) in [4.78, 5) is 14.6. The summed E-state index contributed by atoms with van der Waals surface area (Å²) in [7, 11) is 1.91. The van der Waals surface area contributed by atoms with Crippen LogP contribution in [-0.2, 0) is 0 Å². The van der Waals surface area contributed by atoms with Gasteiger partial charge in [0.05, 0.1) is 0 Å². The fourth-order valence-electron chi connectivity index (χ4n) is 4.10. The molecule has 0 aliphatic carbocycles. The lowest BCUT2D eigenvalue weighted by Crippen LogP contribution is -2.00. The molecular formula is C28H20N4O. The molecule has 0 saturated carbocycles. The Morgan fingerprint density at radius 2 is 1.24 bits per heavy atom. The molecule has 5 nitrogen and oxygen atoms in total. The fraction of sp³-hybridized carbons (Fsp3) is 0.0357. The van der Waals surface area contributed by atoms with Crippen LogP contribution in [0.25, 0.3) is 56.1 Å². The van der Waals surface area contributed by atoms with E-state index in [1.165, 1.54) is 0 Å². The Labute approximate surface area is 190 Å². The normalized spacial score (nSPS) is 11.2. The van der Waals surface area contributed by atoms with Crippen LogP contribution in [0.4, 0.5) is 5.69 Å². The maximum absolute atomic E-state index is 6.14. The predicted octanol–water partition coefficient (Wildman–Crippen LogP) is 6.81. The summed E-state index contributed by atoms with van der Waals surface area (Å²) in [6.45, 7) is 0. The first-order valence-corrected chi connectivity index (χ1v) is 10.8. The van der Waals surface area contributed by atoms with Gasteiger partial charge in [-0.1, -0.05) is 72.8 Å². The number of hydrogen-bond donors (Lipinski definition) is 1. The van der Waals surface area contributed by atoms with Crippen LogP contribution in [0, 0.1) is 0 Å². The number of anilines is 1. The van der Waals surface area contributed by atoms with Crippen molar-refractivity contribution in [3.05, 3.63) is 97.1 Å². The molecule has 0 spiro atoms. The second-order valence-electron chi connectivity index (χ2n) is 7.78. The van der Waals surface area contributed by atoms with Crippen LogP contribution in [0.3, 0.4) is 0 Å². The summed E-state index contributed by atoms with van der Waals surface area (Å²) in [6.07, 6.45) is 0. The molecule has 0 saturated heterocycles. The summed E-state index contributed by atoms with van der Waals surface area (Å²) >= 11 is 0. The van der Waals surface area contributed by atoms with E-state index < -0.39 is 0 Å². The topological polar surface area (TPSA) is 63.8 Å². The summed E-state index contributed by atoms with van der Waals surface area (Å²) in [5, 5.41) is 5.23. The molecule has 33 heavy (non-hydrogen) atoms. The van der Waals surface area contributed by atoms with Crippen molar-refractivity contribution in [1.29, 1.82) is 0 Å². The molecule has 6 rings (SSSR count). The molecule has 6 aromatic rings. The van der Waals surface area contributed by atoms with E-state index in [0.29, 0.717) is 17.5 Å². The number of benzene rings is 4. The average Bonchev–Trinajstić information content (AvgIpc) is 3.27. The van der Waals surface area contributed by atoms with E-state index in [4.69, 9.17) is 19.4 Å². The smallest absolute Gasteiger partial charge is 0.164 e.